The topological polar surface area (TPSA) is 79.2 Å². The molecule has 0 aromatic heterocycles. The van der Waals surface area contributed by atoms with Gasteiger partial charge >= 0.3 is 0 Å². The summed E-state index contributed by atoms with van der Waals surface area (Å²) in [6.45, 7) is 3.43. The minimum Gasteiger partial charge on any atom is -0.504 e. The highest BCUT2D eigenvalue weighted by Gasteiger charge is 2.22. The summed E-state index contributed by atoms with van der Waals surface area (Å²) in [5.41, 5.74) is 1.85. The van der Waals surface area contributed by atoms with Crippen LogP contribution in [0.15, 0.2) is 11.6 Å². The zero-order chi connectivity index (χ0) is 14.6. The molecule has 0 saturated heterocycles. The van der Waals surface area contributed by atoms with E-state index in [1.165, 1.54) is 14.2 Å². The van der Waals surface area contributed by atoms with Gasteiger partial charge in [0.05, 0.1) is 20.8 Å². The van der Waals surface area contributed by atoms with Gasteiger partial charge in [-0.25, -0.2) is 0 Å². The van der Waals surface area contributed by atoms with Crippen molar-refractivity contribution in [3.8, 4) is 23.0 Å². The number of aliphatic hydroxyl groups is 1. The van der Waals surface area contributed by atoms with Gasteiger partial charge in [-0.1, -0.05) is 11.6 Å². The molecule has 106 valence electrons. The summed E-state index contributed by atoms with van der Waals surface area (Å²) < 4.78 is 10.1. The first-order chi connectivity index (χ1) is 8.97. The Morgan fingerprint density at radius 2 is 1.63 bits per heavy atom. The number of benzene rings is 1. The molecule has 1 rings (SSSR count). The van der Waals surface area contributed by atoms with E-state index in [1.807, 2.05) is 0 Å². The summed E-state index contributed by atoms with van der Waals surface area (Å²) in [5, 5.41) is 29.2. The average molecular weight is 268 g/mol. The van der Waals surface area contributed by atoms with E-state index >= 15 is 0 Å². The van der Waals surface area contributed by atoms with E-state index in [2.05, 4.69) is 0 Å². The van der Waals surface area contributed by atoms with Crippen LogP contribution in [-0.2, 0) is 6.42 Å². The summed E-state index contributed by atoms with van der Waals surface area (Å²) >= 11 is 0. The van der Waals surface area contributed by atoms with Crippen molar-refractivity contribution >= 4 is 0 Å². The zero-order valence-electron chi connectivity index (χ0n) is 11.6. The Labute approximate surface area is 112 Å². The largest absolute Gasteiger partial charge is 0.504 e. The monoisotopic (exact) mass is 268 g/mol. The number of rotatable bonds is 5. The molecule has 0 aliphatic rings. The second kappa shape index (κ2) is 6.33. The third-order valence-corrected chi connectivity index (χ3v) is 3.04. The molecule has 0 aliphatic heterocycles. The maximum Gasteiger partial charge on any atom is 0.207 e. The van der Waals surface area contributed by atoms with Gasteiger partial charge in [-0.2, -0.15) is 0 Å². The Bertz CT molecular complexity index is 491. The SMILES string of the molecule is COc1c(O)c(C)c(CC=C(C)CO)c(O)c1OC. The molecular weight excluding hydrogens is 248 g/mol. The Morgan fingerprint density at radius 3 is 2.11 bits per heavy atom. The molecule has 1 aromatic carbocycles. The van der Waals surface area contributed by atoms with Crippen molar-refractivity contribution in [3.63, 3.8) is 0 Å². The maximum absolute atomic E-state index is 10.2. The summed E-state index contributed by atoms with van der Waals surface area (Å²) in [7, 11) is 2.79. The van der Waals surface area contributed by atoms with Gasteiger partial charge in [-0.05, 0) is 20.3 Å². The number of aliphatic hydroxyl groups excluding tert-OH is 1. The number of methoxy groups -OCH3 is 2. The van der Waals surface area contributed by atoms with Crippen LogP contribution in [-0.4, -0.2) is 36.1 Å². The zero-order valence-corrected chi connectivity index (χ0v) is 11.6. The standard InChI is InChI=1S/C14H20O5/c1-8(7-15)5-6-10-9(2)11(16)13(18-3)14(19-4)12(10)17/h5,15-17H,6-7H2,1-4H3. The van der Waals surface area contributed by atoms with Crippen molar-refractivity contribution in [2.75, 3.05) is 20.8 Å². The number of aromatic hydroxyl groups is 2. The molecule has 0 aliphatic carbocycles. The number of hydrogen-bond acceptors (Lipinski definition) is 5. The lowest BCUT2D eigenvalue weighted by Gasteiger charge is -2.17. The molecule has 1 aromatic rings. The Balaban J connectivity index is 3.37. The number of ether oxygens (including phenoxy) is 2. The average Bonchev–Trinajstić information content (AvgIpc) is 2.41. The van der Waals surface area contributed by atoms with Crippen molar-refractivity contribution in [2.45, 2.75) is 20.3 Å². The maximum atomic E-state index is 10.2. The van der Waals surface area contributed by atoms with Crippen molar-refractivity contribution < 1.29 is 24.8 Å². The molecule has 0 atom stereocenters. The first-order valence-electron chi connectivity index (χ1n) is 5.89. The lowest BCUT2D eigenvalue weighted by atomic mass is 10.0. The van der Waals surface area contributed by atoms with Gasteiger partial charge in [0.25, 0.3) is 0 Å². The molecule has 3 N–H and O–H groups in total. The highest BCUT2D eigenvalue weighted by Crippen LogP contribution is 2.48. The van der Waals surface area contributed by atoms with Crippen LogP contribution in [0.3, 0.4) is 0 Å². The quantitative estimate of drug-likeness (QED) is 0.561. The normalized spacial score (nSPS) is 11.5. The van der Waals surface area contributed by atoms with Gasteiger partial charge in [-0.15, -0.1) is 0 Å². The number of phenolic OH excluding ortho intramolecular Hbond substituents is 2. The predicted molar refractivity (Wildman–Crippen MR) is 72.2 cm³/mol. The summed E-state index contributed by atoms with van der Waals surface area (Å²) in [4.78, 5) is 0. The van der Waals surface area contributed by atoms with Crippen LogP contribution >= 0.6 is 0 Å². The second-order valence-corrected chi connectivity index (χ2v) is 4.28. The van der Waals surface area contributed by atoms with Crippen LogP contribution in [0.25, 0.3) is 0 Å². The molecular formula is C14H20O5. The molecule has 0 unspecified atom stereocenters. The summed E-state index contributed by atoms with van der Waals surface area (Å²) in [5.74, 6) is 0.110. The minimum absolute atomic E-state index is 0.0426. The molecule has 19 heavy (non-hydrogen) atoms. The number of allylic oxidation sites excluding steroid dienone is 1. The molecule has 0 heterocycles. The van der Waals surface area contributed by atoms with Crippen molar-refractivity contribution in [3.05, 3.63) is 22.8 Å². The first kappa shape index (κ1) is 15.2. The lowest BCUT2D eigenvalue weighted by Crippen LogP contribution is -1.98. The Kier molecular flexibility index (Phi) is 5.06. The molecule has 0 spiro atoms. The van der Waals surface area contributed by atoms with Gasteiger partial charge in [0.15, 0.2) is 11.5 Å². The van der Waals surface area contributed by atoms with E-state index in [4.69, 9.17) is 14.6 Å². The molecule has 0 radical (unpaired) electrons. The van der Waals surface area contributed by atoms with E-state index in [1.54, 1.807) is 19.9 Å². The van der Waals surface area contributed by atoms with Gasteiger partial charge in [0.1, 0.15) is 0 Å². The minimum atomic E-state index is -0.0587. The van der Waals surface area contributed by atoms with E-state index in [9.17, 15) is 10.2 Å². The predicted octanol–water partition coefficient (Wildman–Crippen LogP) is 1.90. The third-order valence-electron chi connectivity index (χ3n) is 3.04. The van der Waals surface area contributed by atoms with Crippen LogP contribution in [0.2, 0.25) is 0 Å². The fourth-order valence-corrected chi connectivity index (χ4v) is 1.81. The highest BCUT2D eigenvalue weighted by atomic mass is 16.5. The fourth-order valence-electron chi connectivity index (χ4n) is 1.81. The van der Waals surface area contributed by atoms with E-state index in [0.29, 0.717) is 17.5 Å². The van der Waals surface area contributed by atoms with E-state index < -0.39 is 0 Å². The van der Waals surface area contributed by atoms with Gasteiger partial charge in [0, 0.05) is 11.1 Å². The van der Waals surface area contributed by atoms with Crippen molar-refractivity contribution in [1.29, 1.82) is 0 Å². The van der Waals surface area contributed by atoms with Crippen LogP contribution in [0.4, 0.5) is 0 Å². The van der Waals surface area contributed by atoms with Gasteiger partial charge in [0.2, 0.25) is 11.5 Å². The molecule has 0 amide bonds. The Morgan fingerprint density at radius 1 is 1.11 bits per heavy atom. The van der Waals surface area contributed by atoms with Crippen LogP contribution in [0.1, 0.15) is 18.1 Å². The molecule has 5 heteroatoms. The molecule has 0 fully saturated rings. The van der Waals surface area contributed by atoms with Gasteiger partial charge in [-0.3, -0.25) is 0 Å². The summed E-state index contributed by atoms with van der Waals surface area (Å²) in [6.07, 6.45) is 2.17. The second-order valence-electron chi connectivity index (χ2n) is 4.28. The van der Waals surface area contributed by atoms with Crippen LogP contribution in [0, 0.1) is 6.92 Å². The Hall–Kier alpha value is -1.88. The van der Waals surface area contributed by atoms with E-state index in [0.717, 1.165) is 5.57 Å². The molecule has 0 saturated carbocycles. The van der Waals surface area contributed by atoms with E-state index in [-0.39, 0.29) is 29.6 Å². The molecule has 5 nitrogen and oxygen atoms in total. The smallest absolute Gasteiger partial charge is 0.207 e. The number of hydrogen-bond donors (Lipinski definition) is 3. The third kappa shape index (κ3) is 2.93. The van der Waals surface area contributed by atoms with Crippen LogP contribution in [0.5, 0.6) is 23.0 Å². The summed E-state index contributed by atoms with van der Waals surface area (Å²) in [6, 6.07) is 0. The van der Waals surface area contributed by atoms with Crippen molar-refractivity contribution in [2.24, 2.45) is 0 Å². The first-order valence-corrected chi connectivity index (χ1v) is 5.89. The molecule has 0 bridgehead atoms. The number of phenols is 2. The lowest BCUT2D eigenvalue weighted by molar-refractivity contribution is 0.314. The van der Waals surface area contributed by atoms with Crippen LogP contribution < -0.4 is 9.47 Å². The fraction of sp³-hybridized carbons (Fsp3) is 0.429. The van der Waals surface area contributed by atoms with Gasteiger partial charge < -0.3 is 24.8 Å². The highest BCUT2D eigenvalue weighted by molar-refractivity contribution is 5.66. The van der Waals surface area contributed by atoms with Crippen molar-refractivity contribution in [1.82, 2.24) is 0 Å².